The van der Waals surface area contributed by atoms with Crippen LogP contribution in [0, 0.1) is 5.41 Å². The zero-order chi connectivity index (χ0) is 8.55. The third kappa shape index (κ3) is 0.925. The van der Waals surface area contributed by atoms with E-state index in [1.807, 2.05) is 48.1 Å². The van der Waals surface area contributed by atoms with Gasteiger partial charge in [-0.05, 0) is 24.3 Å². The molecule has 2 nitrogen and oxygen atoms in total. The summed E-state index contributed by atoms with van der Waals surface area (Å²) in [6, 6.07) is 9.67. The first kappa shape index (κ1) is 7.10. The largest absolute Gasteiger partial charge is 0.351 e. The lowest BCUT2D eigenvalue weighted by Crippen LogP contribution is -2.08. The van der Waals surface area contributed by atoms with Gasteiger partial charge in [-0.25, -0.2) is 0 Å². The first-order valence-corrected chi connectivity index (χ1v) is 3.88. The van der Waals surface area contributed by atoms with Gasteiger partial charge in [-0.1, -0.05) is 6.07 Å². The van der Waals surface area contributed by atoms with Crippen LogP contribution in [0.1, 0.15) is 0 Å². The summed E-state index contributed by atoms with van der Waals surface area (Å²) in [6.45, 7) is 0. The second-order valence-electron chi connectivity index (χ2n) is 2.86. The van der Waals surface area contributed by atoms with Gasteiger partial charge in [-0.15, -0.1) is 0 Å². The number of benzene rings is 1. The topological polar surface area (TPSA) is 28.8 Å². The van der Waals surface area contributed by atoms with Crippen LogP contribution in [0.4, 0.5) is 0 Å². The molecule has 1 heterocycles. The Morgan fingerprint density at radius 1 is 1.17 bits per heavy atom. The van der Waals surface area contributed by atoms with Crippen LogP contribution in [0.3, 0.4) is 0 Å². The van der Waals surface area contributed by atoms with Crippen molar-refractivity contribution in [2.75, 3.05) is 0 Å². The van der Waals surface area contributed by atoms with E-state index in [-0.39, 0.29) is 0 Å². The van der Waals surface area contributed by atoms with Gasteiger partial charge in [-0.3, -0.25) is 0 Å². The Bertz CT molecular complexity index is 428. The zero-order valence-corrected chi connectivity index (χ0v) is 6.91. The predicted molar refractivity (Wildman–Crippen MR) is 47.9 cm³/mol. The number of nitrogens with zero attached hydrogens (tertiary/aromatic N) is 1. The molecule has 60 valence electrons. The van der Waals surface area contributed by atoms with E-state index < -0.39 is 0 Å². The summed E-state index contributed by atoms with van der Waals surface area (Å²) in [5, 5.41) is 8.23. The monoisotopic (exact) mass is 158 g/mol. The van der Waals surface area contributed by atoms with Crippen molar-refractivity contribution in [3.05, 3.63) is 41.9 Å². The van der Waals surface area contributed by atoms with Gasteiger partial charge in [0.05, 0.1) is 5.36 Å². The van der Waals surface area contributed by atoms with Crippen LogP contribution in [0.5, 0.6) is 0 Å². The van der Waals surface area contributed by atoms with Crippen molar-refractivity contribution >= 4 is 0 Å². The molecule has 0 bridgehead atoms. The molecule has 2 aliphatic rings. The van der Waals surface area contributed by atoms with Gasteiger partial charge in [0, 0.05) is 24.5 Å². The van der Waals surface area contributed by atoms with Gasteiger partial charge in [0.15, 0.2) is 0 Å². The van der Waals surface area contributed by atoms with Crippen LogP contribution in [0.15, 0.2) is 36.5 Å². The molecule has 12 heavy (non-hydrogen) atoms. The van der Waals surface area contributed by atoms with Crippen LogP contribution < -0.4 is 5.36 Å². The Labute approximate surface area is 70.9 Å². The van der Waals surface area contributed by atoms with Crippen molar-refractivity contribution in [2.45, 2.75) is 0 Å². The summed E-state index contributed by atoms with van der Waals surface area (Å²) in [5.41, 5.74) is 2.10. The zero-order valence-electron chi connectivity index (χ0n) is 6.91. The smallest absolute Gasteiger partial charge is 0.0633 e. The molecule has 0 spiro atoms. The van der Waals surface area contributed by atoms with Crippen LogP contribution in [0.25, 0.3) is 11.3 Å². The molecule has 1 N–H and O–H groups in total. The van der Waals surface area contributed by atoms with Crippen LogP contribution >= 0.6 is 0 Å². The third-order valence-electron chi connectivity index (χ3n) is 2.04. The van der Waals surface area contributed by atoms with Gasteiger partial charge >= 0.3 is 0 Å². The molecule has 0 unspecified atom stereocenters. The highest BCUT2D eigenvalue weighted by molar-refractivity contribution is 5.59. The van der Waals surface area contributed by atoms with E-state index >= 15 is 0 Å². The summed E-state index contributed by atoms with van der Waals surface area (Å²) < 4.78 is 2.02. The molecule has 0 aromatic heterocycles. The summed E-state index contributed by atoms with van der Waals surface area (Å²) >= 11 is 0. The van der Waals surface area contributed by atoms with Crippen molar-refractivity contribution in [3.8, 4) is 11.3 Å². The molecule has 0 aromatic rings. The van der Waals surface area contributed by atoms with Crippen molar-refractivity contribution in [1.29, 1.82) is 5.41 Å². The number of aryl methyl sites for hydroxylation is 1. The number of hydrogen-bond donors (Lipinski definition) is 1. The Morgan fingerprint density at radius 2 is 2.00 bits per heavy atom. The van der Waals surface area contributed by atoms with Gasteiger partial charge in [0.25, 0.3) is 0 Å². The fraction of sp³-hybridized carbons (Fsp3) is 0.100. The van der Waals surface area contributed by atoms with Crippen LogP contribution in [0.2, 0.25) is 0 Å². The lowest BCUT2D eigenvalue weighted by atomic mass is 10.1. The molecule has 0 radical (unpaired) electrons. The van der Waals surface area contributed by atoms with E-state index in [0.717, 1.165) is 11.3 Å². The van der Waals surface area contributed by atoms with Crippen LogP contribution in [-0.4, -0.2) is 4.57 Å². The Kier molecular flexibility index (Phi) is 1.47. The molecule has 2 heteroatoms. The highest BCUT2D eigenvalue weighted by Crippen LogP contribution is 2.14. The summed E-state index contributed by atoms with van der Waals surface area (Å²) in [7, 11) is 1.99. The van der Waals surface area contributed by atoms with Crippen molar-refractivity contribution in [3.63, 3.8) is 0 Å². The third-order valence-corrected chi connectivity index (χ3v) is 2.04. The summed E-state index contributed by atoms with van der Waals surface area (Å²) in [4.78, 5) is 0. The lowest BCUT2D eigenvalue weighted by Gasteiger charge is -2.09. The molecule has 0 amide bonds. The molecular weight excluding hydrogens is 148 g/mol. The highest BCUT2D eigenvalue weighted by atomic mass is 14.9. The quantitative estimate of drug-likeness (QED) is 0.603. The molecule has 0 aromatic carbocycles. The van der Waals surface area contributed by atoms with E-state index in [1.54, 1.807) is 0 Å². The first-order valence-electron chi connectivity index (χ1n) is 3.88. The maximum Gasteiger partial charge on any atom is 0.0633 e. The lowest BCUT2D eigenvalue weighted by molar-refractivity contribution is 0.909. The fourth-order valence-corrected chi connectivity index (χ4v) is 1.38. The maximum absolute atomic E-state index is 7.65. The predicted octanol–water partition coefficient (Wildman–Crippen LogP) is 1.61. The average Bonchev–Trinajstić information content (AvgIpc) is 2.07. The maximum atomic E-state index is 7.65. The second-order valence-corrected chi connectivity index (χ2v) is 2.86. The molecule has 0 atom stereocenters. The molecule has 2 rings (SSSR count). The minimum atomic E-state index is 0.587. The first-order chi connectivity index (χ1) is 5.79. The molecule has 1 aliphatic heterocycles. The Hall–Kier alpha value is -1.57. The fourth-order valence-electron chi connectivity index (χ4n) is 1.38. The molecule has 0 saturated heterocycles. The SMILES string of the molecule is Cn1cccc2c(=N)cccc1-2. The summed E-state index contributed by atoms with van der Waals surface area (Å²) in [5.74, 6) is 0. The number of aromatic nitrogens is 1. The normalized spacial score (nSPS) is 10.4. The van der Waals surface area contributed by atoms with E-state index in [4.69, 9.17) is 5.41 Å². The van der Waals surface area contributed by atoms with Gasteiger partial charge in [-0.2, -0.15) is 0 Å². The minimum Gasteiger partial charge on any atom is -0.351 e. The number of fused-ring (bicyclic) bond motifs is 1. The van der Waals surface area contributed by atoms with Crippen molar-refractivity contribution < 1.29 is 0 Å². The summed E-state index contributed by atoms with van der Waals surface area (Å²) in [6.07, 6.45) is 1.99. The molecular formula is C10H10N2. The van der Waals surface area contributed by atoms with E-state index in [0.29, 0.717) is 5.36 Å². The minimum absolute atomic E-state index is 0.587. The molecule has 0 fully saturated rings. The number of hydrogen-bond acceptors (Lipinski definition) is 1. The van der Waals surface area contributed by atoms with Gasteiger partial charge in [0.2, 0.25) is 0 Å². The van der Waals surface area contributed by atoms with E-state index in [9.17, 15) is 0 Å². The van der Waals surface area contributed by atoms with Crippen LogP contribution in [-0.2, 0) is 7.05 Å². The van der Waals surface area contributed by atoms with Crippen molar-refractivity contribution in [2.24, 2.45) is 7.05 Å². The van der Waals surface area contributed by atoms with E-state index in [1.165, 1.54) is 0 Å². The Morgan fingerprint density at radius 3 is 2.75 bits per heavy atom. The average molecular weight is 158 g/mol. The number of pyridine rings is 1. The van der Waals surface area contributed by atoms with Gasteiger partial charge in [0.1, 0.15) is 0 Å². The molecule has 0 saturated carbocycles. The van der Waals surface area contributed by atoms with Crippen molar-refractivity contribution in [1.82, 2.24) is 4.57 Å². The molecule has 1 aliphatic carbocycles. The number of nitrogens with one attached hydrogen (secondary N) is 1. The highest BCUT2D eigenvalue weighted by Gasteiger charge is 2.02. The standard InChI is InChI=1S/C10H10N2/c1-12-7-3-4-8-9(11)5-2-6-10(8)12/h2-7,11H,1H3. The van der Waals surface area contributed by atoms with E-state index in [2.05, 4.69) is 0 Å². The number of rotatable bonds is 0. The Balaban J connectivity index is 2.91. The second kappa shape index (κ2) is 2.48. The van der Waals surface area contributed by atoms with Gasteiger partial charge < -0.3 is 9.98 Å².